The number of hydrogen-bond donors (Lipinski definition) is 0. The molecule has 2 aromatic carbocycles. The summed E-state index contributed by atoms with van der Waals surface area (Å²) in [5.41, 5.74) is 1.71. The van der Waals surface area contributed by atoms with Gasteiger partial charge in [0.05, 0.1) is 4.90 Å². The van der Waals surface area contributed by atoms with Crippen LogP contribution in [-0.2, 0) is 27.8 Å². The molecule has 168 valence electrons. The second-order valence-corrected chi connectivity index (χ2v) is 9.23. The molecule has 0 fully saturated rings. The first-order valence-corrected chi connectivity index (χ1v) is 11.1. The van der Waals surface area contributed by atoms with E-state index in [0.717, 1.165) is 0 Å². The van der Waals surface area contributed by atoms with Crippen molar-refractivity contribution in [3.05, 3.63) is 65.0 Å². The Morgan fingerprint density at radius 2 is 1.77 bits per heavy atom. The van der Waals surface area contributed by atoms with Gasteiger partial charge in [-0.15, -0.1) is 0 Å². The number of carbonyl (C=O) groups is 1. The van der Waals surface area contributed by atoms with Gasteiger partial charge in [0.15, 0.2) is 0 Å². The molecule has 3 rings (SSSR count). The summed E-state index contributed by atoms with van der Waals surface area (Å²) in [7, 11) is -3.92. The molecule has 0 radical (unpaired) electrons. The van der Waals surface area contributed by atoms with Gasteiger partial charge in [-0.25, -0.2) is 12.8 Å². The molecule has 1 atom stereocenters. The first kappa shape index (κ1) is 23.2. The molecule has 10 heteroatoms. The summed E-state index contributed by atoms with van der Waals surface area (Å²) in [5, 5.41) is 0. The highest BCUT2D eigenvalue weighted by Gasteiger charge is 2.43. The minimum atomic E-state index is -4.95. The van der Waals surface area contributed by atoms with E-state index in [0.29, 0.717) is 21.6 Å². The fourth-order valence-electron chi connectivity index (χ4n) is 3.74. The Balaban J connectivity index is 1.87. The van der Waals surface area contributed by atoms with Crippen molar-refractivity contribution < 1.29 is 30.8 Å². The van der Waals surface area contributed by atoms with E-state index in [1.807, 2.05) is 0 Å². The lowest BCUT2D eigenvalue weighted by atomic mass is 10.00. The zero-order chi connectivity index (χ0) is 23.0. The van der Waals surface area contributed by atoms with Crippen LogP contribution in [0, 0.1) is 5.82 Å². The van der Waals surface area contributed by atoms with E-state index in [-0.39, 0.29) is 31.0 Å². The number of alkyl halides is 3. The number of carbonyl (C=O) groups excluding carboxylic acids is 1. The van der Waals surface area contributed by atoms with E-state index in [2.05, 4.69) is 0 Å². The van der Waals surface area contributed by atoms with Gasteiger partial charge in [0.1, 0.15) is 5.82 Å². The van der Waals surface area contributed by atoms with Gasteiger partial charge in [0.25, 0.3) is 0 Å². The Labute approximate surface area is 178 Å². The molecule has 0 bridgehead atoms. The highest BCUT2D eigenvalue weighted by Crippen LogP contribution is 2.31. The molecule has 5 nitrogen and oxygen atoms in total. The third-order valence-electron chi connectivity index (χ3n) is 5.42. The van der Waals surface area contributed by atoms with Crippen molar-refractivity contribution in [2.75, 3.05) is 13.1 Å². The number of sulfonamides is 1. The number of halogens is 4. The number of rotatable bonds is 5. The highest BCUT2D eigenvalue weighted by atomic mass is 32.2. The molecular weight excluding hydrogens is 436 g/mol. The average Bonchev–Trinajstić information content (AvgIpc) is 2.72. The zero-order valence-corrected chi connectivity index (χ0v) is 17.8. The van der Waals surface area contributed by atoms with Crippen molar-refractivity contribution in [2.24, 2.45) is 0 Å². The molecule has 1 heterocycles. The molecule has 0 aliphatic carbocycles. The van der Waals surface area contributed by atoms with Crippen LogP contribution in [0.4, 0.5) is 17.6 Å². The summed E-state index contributed by atoms with van der Waals surface area (Å²) in [5.74, 6) is -2.32. The maximum Gasteiger partial charge on any atom is 0.471 e. The largest absolute Gasteiger partial charge is 0.471 e. The van der Waals surface area contributed by atoms with Gasteiger partial charge in [-0.1, -0.05) is 25.1 Å². The summed E-state index contributed by atoms with van der Waals surface area (Å²) in [6.07, 6.45) is -4.82. The SMILES string of the molecule is CCN([C@@H](C)c1ccc(F)cc1)S(=O)(=O)c1ccc2c(c1)CCN(C(=O)C(F)(F)F)C2. The van der Waals surface area contributed by atoms with Crippen LogP contribution >= 0.6 is 0 Å². The highest BCUT2D eigenvalue weighted by molar-refractivity contribution is 7.89. The van der Waals surface area contributed by atoms with E-state index < -0.39 is 34.0 Å². The lowest BCUT2D eigenvalue weighted by Gasteiger charge is -2.31. The van der Waals surface area contributed by atoms with Gasteiger partial charge in [-0.3, -0.25) is 4.79 Å². The molecule has 0 unspecified atom stereocenters. The van der Waals surface area contributed by atoms with E-state index in [4.69, 9.17) is 0 Å². The predicted molar refractivity (Wildman–Crippen MR) is 106 cm³/mol. The van der Waals surface area contributed by atoms with Crippen LogP contribution in [0.15, 0.2) is 47.4 Å². The first-order chi connectivity index (χ1) is 14.4. The van der Waals surface area contributed by atoms with Crippen LogP contribution in [0.2, 0.25) is 0 Å². The standard InChI is InChI=1S/C21H22F4N2O3S/c1-3-27(14(2)15-4-7-18(22)8-5-15)31(29,30)19-9-6-17-13-26(11-10-16(17)12-19)20(28)21(23,24)25/h4-9,12,14H,3,10-11,13H2,1-2H3/t14-/m0/s1. The topological polar surface area (TPSA) is 57.7 Å². The molecule has 1 aliphatic rings. The Morgan fingerprint density at radius 3 is 2.35 bits per heavy atom. The summed E-state index contributed by atoms with van der Waals surface area (Å²) >= 11 is 0. The first-order valence-electron chi connectivity index (χ1n) is 9.70. The van der Waals surface area contributed by atoms with Crippen molar-refractivity contribution in [3.8, 4) is 0 Å². The maximum absolute atomic E-state index is 13.3. The molecule has 31 heavy (non-hydrogen) atoms. The predicted octanol–water partition coefficient (Wildman–Crippen LogP) is 4.04. The summed E-state index contributed by atoms with van der Waals surface area (Å²) in [4.78, 5) is 12.2. The Morgan fingerprint density at radius 1 is 1.13 bits per heavy atom. The van der Waals surface area contributed by atoms with Crippen LogP contribution in [0.3, 0.4) is 0 Å². The monoisotopic (exact) mass is 458 g/mol. The number of amides is 1. The maximum atomic E-state index is 13.3. The minimum absolute atomic E-state index is 0.0256. The molecule has 0 aromatic heterocycles. The Kier molecular flexibility index (Phi) is 6.43. The van der Waals surface area contributed by atoms with Crippen molar-refractivity contribution >= 4 is 15.9 Å². The van der Waals surface area contributed by atoms with E-state index >= 15 is 0 Å². The van der Waals surface area contributed by atoms with Crippen molar-refractivity contribution in [1.29, 1.82) is 0 Å². The Hall–Kier alpha value is -2.46. The molecule has 1 amide bonds. The van der Waals surface area contributed by atoms with E-state index in [1.54, 1.807) is 13.8 Å². The molecule has 1 aliphatic heterocycles. The second kappa shape index (κ2) is 8.58. The van der Waals surface area contributed by atoms with Gasteiger partial charge >= 0.3 is 12.1 Å². The summed E-state index contributed by atoms with van der Waals surface area (Å²) < 4.78 is 79.1. The number of nitrogens with zero attached hydrogens (tertiary/aromatic N) is 2. The van der Waals surface area contributed by atoms with Gasteiger partial charge in [0, 0.05) is 25.7 Å². The molecular formula is C21H22F4N2O3S. The molecule has 2 aromatic rings. The third-order valence-corrected chi connectivity index (χ3v) is 7.46. The molecule has 0 saturated carbocycles. The fraction of sp³-hybridized carbons (Fsp3) is 0.381. The third kappa shape index (κ3) is 4.74. The molecule has 0 spiro atoms. The number of fused-ring (bicyclic) bond motifs is 1. The van der Waals surface area contributed by atoms with Crippen LogP contribution < -0.4 is 0 Å². The van der Waals surface area contributed by atoms with Crippen molar-refractivity contribution in [1.82, 2.24) is 9.21 Å². The van der Waals surface area contributed by atoms with Crippen LogP contribution in [-0.4, -0.2) is 42.8 Å². The van der Waals surface area contributed by atoms with Crippen LogP contribution in [0.5, 0.6) is 0 Å². The molecule has 0 N–H and O–H groups in total. The average molecular weight is 458 g/mol. The van der Waals surface area contributed by atoms with Gasteiger partial charge in [0.2, 0.25) is 10.0 Å². The van der Waals surface area contributed by atoms with E-state index in [1.165, 1.54) is 46.8 Å². The zero-order valence-electron chi connectivity index (χ0n) is 17.0. The minimum Gasteiger partial charge on any atom is -0.330 e. The second-order valence-electron chi connectivity index (χ2n) is 7.34. The van der Waals surface area contributed by atoms with Crippen molar-refractivity contribution in [2.45, 2.75) is 43.9 Å². The summed E-state index contributed by atoms with van der Waals surface area (Å²) in [6, 6.07) is 9.28. The van der Waals surface area contributed by atoms with E-state index in [9.17, 15) is 30.8 Å². The molecule has 0 saturated heterocycles. The van der Waals surface area contributed by atoms with Crippen molar-refractivity contribution in [3.63, 3.8) is 0 Å². The van der Waals surface area contributed by atoms with Gasteiger partial charge < -0.3 is 4.90 Å². The van der Waals surface area contributed by atoms with Gasteiger partial charge in [-0.2, -0.15) is 17.5 Å². The van der Waals surface area contributed by atoms with Crippen LogP contribution in [0.1, 0.15) is 36.6 Å². The number of benzene rings is 2. The lowest BCUT2D eigenvalue weighted by molar-refractivity contribution is -0.186. The number of hydrogen-bond acceptors (Lipinski definition) is 3. The fourth-order valence-corrected chi connectivity index (χ4v) is 5.42. The normalized spacial score (nSPS) is 15.6. The smallest absolute Gasteiger partial charge is 0.330 e. The quantitative estimate of drug-likeness (QED) is 0.636. The lowest BCUT2D eigenvalue weighted by Crippen LogP contribution is -2.43. The van der Waals surface area contributed by atoms with Crippen LogP contribution in [0.25, 0.3) is 0 Å². The Bertz CT molecular complexity index is 1070. The van der Waals surface area contributed by atoms with Gasteiger partial charge in [-0.05, 0) is 54.3 Å². The summed E-state index contributed by atoms with van der Waals surface area (Å²) in [6.45, 7) is 3.20.